The molecular weight excluding hydrogens is 1320 g/mol. The Morgan fingerprint density at radius 1 is 0.284 bits per heavy atom. The van der Waals surface area contributed by atoms with Crippen LogP contribution in [0.5, 0.6) is 0 Å². The van der Waals surface area contributed by atoms with Gasteiger partial charge in [-0.15, -0.1) is 0 Å². The first-order valence-electron chi connectivity index (χ1n) is 40.9. The van der Waals surface area contributed by atoms with Gasteiger partial charge in [0, 0.05) is 71.6 Å². The Balaban J connectivity index is 1.01. The van der Waals surface area contributed by atoms with E-state index in [1.165, 1.54) is 5.56 Å². The predicted octanol–water partition coefficient (Wildman–Crippen LogP) is 26.3. The smallest absolute Gasteiger partial charge is 0.252 e. The third-order valence-corrected chi connectivity index (χ3v) is 22.9. The summed E-state index contributed by atoms with van der Waals surface area (Å²) in [5, 5.41) is 4.90. The highest BCUT2D eigenvalue weighted by atomic mass is 15.2. The lowest BCUT2D eigenvalue weighted by Gasteiger charge is -2.46. The van der Waals surface area contributed by atoms with E-state index >= 15 is 0 Å². The van der Waals surface area contributed by atoms with Gasteiger partial charge in [-0.3, -0.25) is 0 Å². The van der Waals surface area contributed by atoms with Crippen LogP contribution in [0.25, 0.3) is 143 Å². The van der Waals surface area contributed by atoms with Crippen molar-refractivity contribution in [3.63, 3.8) is 0 Å². The zero-order valence-electron chi connectivity index (χ0n) is 67.5. The molecule has 0 amide bonds. The Morgan fingerprint density at radius 3 is 1.06 bits per heavy atom. The van der Waals surface area contributed by atoms with E-state index in [-0.39, 0.29) is 80.0 Å². The van der Waals surface area contributed by atoms with Crippen molar-refractivity contribution in [1.29, 1.82) is 0 Å². The molecule has 5 heterocycles. The molecule has 0 radical (unpaired) electrons. The second-order valence-electron chi connectivity index (χ2n) is 31.4. The summed E-state index contributed by atoms with van der Waals surface area (Å²) in [6.07, 6.45) is 0. The molecular formula is C104H77BN4. The van der Waals surface area contributed by atoms with Gasteiger partial charge in [-0.1, -0.05) is 321 Å². The molecule has 109 heavy (non-hydrogen) atoms. The van der Waals surface area contributed by atoms with Crippen molar-refractivity contribution in [2.45, 2.75) is 52.4 Å². The molecule has 0 bridgehead atoms. The SMILES string of the molecule is [2H]c1c(-c2ccccc2)c([2H])c2c3c([2H])c(-c4ccccc4)c([2H])c([2H])c3n(-c3ccc4c(c3)N(c3c(-c5ccccc5)cc(C(C)(C)C)cc3-c3ccccc3)c3c5c(c6c7ccccc7n7c8ccccc8c3c67)N(c3c(-c6ccccc6)cc(C(C)(C)C)cc3-c3ccccc3)c3ccc(-c6ccccc6)cc3B45)c2c1[2H]. The molecule has 5 heteroatoms. The average molecular weight is 1400 g/mol. The molecule has 516 valence electrons. The minimum absolute atomic E-state index is 0.0341. The fourth-order valence-electron chi connectivity index (χ4n) is 17.8. The molecule has 0 saturated carbocycles. The van der Waals surface area contributed by atoms with Gasteiger partial charge in [-0.25, -0.2) is 0 Å². The van der Waals surface area contributed by atoms with Crippen molar-refractivity contribution < 1.29 is 8.22 Å². The highest BCUT2D eigenvalue weighted by Crippen LogP contribution is 2.60. The van der Waals surface area contributed by atoms with E-state index in [4.69, 9.17) is 0 Å². The van der Waals surface area contributed by atoms with E-state index in [0.717, 1.165) is 150 Å². The number of fused-ring (bicyclic) bond motifs is 15. The summed E-state index contributed by atoms with van der Waals surface area (Å²) in [4.78, 5) is 5.28. The molecule has 19 aromatic rings. The van der Waals surface area contributed by atoms with Crippen LogP contribution in [-0.4, -0.2) is 15.7 Å². The zero-order chi connectivity index (χ0) is 78.2. The van der Waals surface area contributed by atoms with Gasteiger partial charge < -0.3 is 18.8 Å². The highest BCUT2D eigenvalue weighted by Gasteiger charge is 2.49. The van der Waals surface area contributed by atoms with Crippen molar-refractivity contribution >= 4 is 117 Å². The first kappa shape index (κ1) is 58.0. The Kier molecular flexibility index (Phi) is 13.1. The monoisotopic (exact) mass is 1400 g/mol. The third-order valence-electron chi connectivity index (χ3n) is 22.9. The van der Waals surface area contributed by atoms with Crippen molar-refractivity contribution in [3.8, 4) is 83.6 Å². The zero-order valence-corrected chi connectivity index (χ0v) is 61.5. The second-order valence-corrected chi connectivity index (χ2v) is 31.4. The van der Waals surface area contributed by atoms with E-state index in [1.807, 2.05) is 65.2 Å². The standard InChI is InChI=1S/C104H77BN4/c1-103(2,3)76-61-81(69-38-20-10-21-39-69)98(82(62-76)70-40-22-11-23-41-70)108-93-57-52-75(68-36-18-9-19-37-68)60-88(93)105-87-54-53-78(106-91-55-50-73(66-32-14-7-15-33-66)58-85(91)86-59-74(51-56-92(86)106)67-34-16-8-17-35-67)65-94(87)109(99-83(71-42-24-12-25-43-71)63-77(104(4,5)6)64-84(99)72-44-26-13-27-45-72)102-96-80-47-29-31-49-90(80)107-89-48-30-28-46-79(89)95(100(96)107)101(108)97(102)105/h7-65H,1-6H3/i50D,51D,55D,56D,58D,59D. The van der Waals surface area contributed by atoms with Crippen LogP contribution < -0.4 is 26.2 Å². The van der Waals surface area contributed by atoms with Gasteiger partial charge in [-0.2, -0.15) is 0 Å². The molecule has 0 fully saturated rings. The molecule has 21 rings (SSSR count). The maximum absolute atomic E-state index is 10.6. The molecule has 4 nitrogen and oxygen atoms in total. The predicted molar refractivity (Wildman–Crippen MR) is 465 cm³/mol. The van der Waals surface area contributed by atoms with Crippen LogP contribution in [0.3, 0.4) is 0 Å². The van der Waals surface area contributed by atoms with Crippen LogP contribution in [-0.2, 0) is 10.8 Å². The van der Waals surface area contributed by atoms with Gasteiger partial charge in [0.05, 0.1) is 58.6 Å². The van der Waals surface area contributed by atoms with Crippen molar-refractivity contribution in [1.82, 2.24) is 8.97 Å². The first-order valence-corrected chi connectivity index (χ1v) is 37.9. The van der Waals surface area contributed by atoms with Gasteiger partial charge >= 0.3 is 0 Å². The molecule has 3 aromatic heterocycles. The van der Waals surface area contributed by atoms with E-state index in [9.17, 15) is 8.22 Å². The number of hydrogen-bond donors (Lipinski definition) is 0. The van der Waals surface area contributed by atoms with Crippen LogP contribution in [0.4, 0.5) is 34.1 Å². The van der Waals surface area contributed by atoms with E-state index in [2.05, 4.69) is 317 Å². The summed E-state index contributed by atoms with van der Waals surface area (Å²) in [7, 11) is 0. The lowest BCUT2D eigenvalue weighted by Crippen LogP contribution is -2.61. The minimum Gasteiger partial charge on any atom is -0.309 e. The number of hydrogen-bond acceptors (Lipinski definition) is 2. The number of para-hydroxylation sites is 2. The molecule has 16 aromatic carbocycles. The van der Waals surface area contributed by atoms with Gasteiger partial charge in [0.1, 0.15) is 0 Å². The van der Waals surface area contributed by atoms with Crippen LogP contribution in [0, 0.1) is 0 Å². The largest absolute Gasteiger partial charge is 0.309 e. The molecule has 2 aliphatic rings. The van der Waals surface area contributed by atoms with E-state index in [1.54, 1.807) is 0 Å². The average Bonchev–Trinajstić information content (AvgIpc) is 1.58. The number of anilines is 6. The first-order chi connectivity index (χ1) is 55.9. The van der Waals surface area contributed by atoms with Gasteiger partial charge in [0.2, 0.25) is 0 Å². The normalized spacial score (nSPS) is 13.6. The molecule has 0 saturated heterocycles. The molecule has 0 aliphatic carbocycles. The summed E-state index contributed by atoms with van der Waals surface area (Å²) in [6, 6.07) is 114. The maximum atomic E-state index is 10.6. The minimum atomic E-state index is -0.531. The fourth-order valence-corrected chi connectivity index (χ4v) is 17.8. The number of rotatable bonds is 10. The molecule has 0 N–H and O–H groups in total. The summed E-state index contributed by atoms with van der Waals surface area (Å²) in [5.74, 6) is 0. The van der Waals surface area contributed by atoms with Crippen LogP contribution in [0.15, 0.2) is 358 Å². The number of benzene rings is 16. The van der Waals surface area contributed by atoms with Crippen molar-refractivity contribution in [2.24, 2.45) is 0 Å². The Bertz CT molecular complexity index is 6980. The summed E-state index contributed by atoms with van der Waals surface area (Å²) in [5.41, 5.74) is 27.1. The second kappa shape index (κ2) is 24.7. The summed E-state index contributed by atoms with van der Waals surface area (Å²) < 4.78 is 67.1. The van der Waals surface area contributed by atoms with Gasteiger partial charge in [0.25, 0.3) is 6.71 Å². The van der Waals surface area contributed by atoms with E-state index < -0.39 is 6.71 Å². The Labute approximate surface area is 645 Å². The number of aromatic nitrogens is 2. The summed E-state index contributed by atoms with van der Waals surface area (Å²) in [6.45, 7) is 13.3. The Morgan fingerprint density at radius 2 is 0.651 bits per heavy atom. The molecule has 0 spiro atoms. The van der Waals surface area contributed by atoms with Crippen molar-refractivity contribution in [2.75, 3.05) is 9.80 Å². The topological polar surface area (TPSA) is 15.8 Å². The summed E-state index contributed by atoms with van der Waals surface area (Å²) >= 11 is 0. The quantitative estimate of drug-likeness (QED) is 0.127. The highest BCUT2D eigenvalue weighted by molar-refractivity contribution is 7.01. The third kappa shape index (κ3) is 10.1. The van der Waals surface area contributed by atoms with E-state index in [0.29, 0.717) is 16.8 Å². The molecule has 0 atom stereocenters. The Hall–Kier alpha value is -13.2. The van der Waals surface area contributed by atoms with Crippen LogP contribution in [0.2, 0.25) is 0 Å². The molecule has 0 unspecified atom stereocenters. The fraction of sp³-hybridized carbons (Fsp3) is 0.0769. The van der Waals surface area contributed by atoms with Crippen LogP contribution >= 0.6 is 0 Å². The van der Waals surface area contributed by atoms with Crippen LogP contribution in [0.1, 0.15) is 60.9 Å². The maximum Gasteiger partial charge on any atom is 0.252 e. The molecule has 2 aliphatic heterocycles. The van der Waals surface area contributed by atoms with Crippen molar-refractivity contribution in [3.05, 3.63) is 369 Å². The van der Waals surface area contributed by atoms with Gasteiger partial charge in [0.15, 0.2) is 0 Å². The number of nitrogens with zero attached hydrogens (tertiary/aromatic N) is 4. The lowest BCUT2D eigenvalue weighted by molar-refractivity contribution is 0.590. The lowest BCUT2D eigenvalue weighted by atomic mass is 9.33. The van der Waals surface area contributed by atoms with Gasteiger partial charge in [-0.05, 0) is 173 Å².